The number of anilines is 1. The highest BCUT2D eigenvalue weighted by atomic mass is 35.5. The van der Waals surface area contributed by atoms with Gasteiger partial charge in [-0.1, -0.05) is 61.7 Å². The van der Waals surface area contributed by atoms with Gasteiger partial charge in [-0.25, -0.2) is 8.42 Å². The molecule has 0 heterocycles. The Morgan fingerprint density at radius 3 is 2.27 bits per heavy atom. The molecule has 2 rings (SSSR count). The van der Waals surface area contributed by atoms with Gasteiger partial charge >= 0.3 is 0 Å². The Morgan fingerprint density at radius 2 is 1.70 bits per heavy atom. The monoisotopic (exact) mass is 488 g/mol. The van der Waals surface area contributed by atoms with Gasteiger partial charge < -0.3 is 5.32 Å². The Kier molecular flexibility index (Phi) is 8.51. The van der Waals surface area contributed by atoms with Gasteiger partial charge in [0.25, 0.3) is 10.0 Å². The molecule has 0 fully saturated rings. The molecule has 0 saturated heterocycles. The maximum Gasteiger partial charge on any atom is 0.264 e. The van der Waals surface area contributed by atoms with E-state index in [9.17, 15) is 13.2 Å². The van der Waals surface area contributed by atoms with E-state index in [4.69, 9.17) is 23.2 Å². The molecule has 0 bridgehead atoms. The molecule has 2 aromatic carbocycles. The highest BCUT2D eigenvalue weighted by Gasteiger charge is 2.27. The number of aryl methyl sites for hydroxylation is 1. The summed E-state index contributed by atoms with van der Waals surface area (Å²) in [6.45, 7) is 8.24. The van der Waals surface area contributed by atoms with Crippen molar-refractivity contribution in [3.8, 4) is 0 Å². The summed E-state index contributed by atoms with van der Waals surface area (Å²) in [5.41, 5.74) is 1.20. The van der Waals surface area contributed by atoms with Gasteiger partial charge in [-0.15, -0.1) is 0 Å². The number of carbonyl (C=O) groups is 1. The van der Waals surface area contributed by atoms with Gasteiger partial charge in [-0.3, -0.25) is 9.10 Å². The lowest BCUT2D eigenvalue weighted by Crippen LogP contribution is -2.41. The van der Waals surface area contributed by atoms with Crippen LogP contribution in [0.25, 0.3) is 0 Å². The number of nitrogens with zero attached hydrogens (tertiary/aromatic N) is 1. The van der Waals surface area contributed by atoms with E-state index in [2.05, 4.69) is 26.1 Å². The van der Waals surface area contributed by atoms with Crippen molar-refractivity contribution in [1.29, 1.82) is 0 Å². The van der Waals surface area contributed by atoms with Crippen LogP contribution in [0.5, 0.6) is 0 Å². The summed E-state index contributed by atoms with van der Waals surface area (Å²) in [6.07, 6.45) is 0. The van der Waals surface area contributed by atoms with E-state index < -0.39 is 15.9 Å². The zero-order valence-corrected chi connectivity index (χ0v) is 20.6. The summed E-state index contributed by atoms with van der Waals surface area (Å²) in [5.74, 6) is 0.332. The van der Waals surface area contributed by atoms with Crippen molar-refractivity contribution in [2.75, 3.05) is 23.1 Å². The summed E-state index contributed by atoms with van der Waals surface area (Å²) in [4.78, 5) is 12.6. The number of thioether (sulfide) groups is 1. The molecule has 0 aromatic heterocycles. The van der Waals surface area contributed by atoms with Crippen LogP contribution in [-0.4, -0.2) is 37.9 Å². The molecule has 0 saturated carbocycles. The van der Waals surface area contributed by atoms with E-state index in [1.807, 2.05) is 6.92 Å². The smallest absolute Gasteiger partial charge is 0.264 e. The summed E-state index contributed by atoms with van der Waals surface area (Å²) in [5, 5.41) is 3.30. The number of halogens is 2. The van der Waals surface area contributed by atoms with Crippen molar-refractivity contribution >= 4 is 56.6 Å². The van der Waals surface area contributed by atoms with Crippen LogP contribution < -0.4 is 9.62 Å². The van der Waals surface area contributed by atoms with Crippen molar-refractivity contribution < 1.29 is 13.2 Å². The molecular formula is C21H26Cl2N2O3S2. The first-order valence-corrected chi connectivity index (χ1v) is 12.5. The third kappa shape index (κ3) is 7.08. The Morgan fingerprint density at radius 1 is 1.07 bits per heavy atom. The Labute approximate surface area is 193 Å². The fourth-order valence-corrected chi connectivity index (χ4v) is 5.05. The first kappa shape index (κ1) is 24.9. The number of benzene rings is 2. The van der Waals surface area contributed by atoms with Crippen molar-refractivity contribution in [2.45, 2.75) is 37.3 Å². The van der Waals surface area contributed by atoms with Crippen LogP contribution >= 0.6 is 35.0 Å². The lowest BCUT2D eigenvalue weighted by molar-refractivity contribution is -0.119. The SMILES string of the molecule is Cc1ccc(S(=O)(=O)N(CC(=O)NCCSC(C)(C)C)c2ccc(Cl)c(Cl)c2)cc1. The van der Waals surface area contributed by atoms with Crippen molar-refractivity contribution in [2.24, 2.45) is 0 Å². The highest BCUT2D eigenvalue weighted by Crippen LogP contribution is 2.30. The number of rotatable bonds is 8. The van der Waals surface area contributed by atoms with Crippen LogP contribution in [0, 0.1) is 6.92 Å². The standard InChI is InChI=1S/C21H26Cl2N2O3S2/c1-15-5-8-17(9-6-15)30(27,28)25(16-7-10-18(22)19(23)13-16)14-20(26)24-11-12-29-21(2,3)4/h5-10,13H,11-12,14H2,1-4H3,(H,24,26). The molecule has 0 aliphatic heterocycles. The molecule has 1 N–H and O–H groups in total. The van der Waals surface area contributed by atoms with Gasteiger partial charge in [0, 0.05) is 17.0 Å². The molecular weight excluding hydrogens is 463 g/mol. The molecule has 0 radical (unpaired) electrons. The van der Waals surface area contributed by atoms with E-state index in [0.717, 1.165) is 15.6 Å². The van der Waals surface area contributed by atoms with E-state index >= 15 is 0 Å². The molecule has 0 atom stereocenters. The van der Waals surface area contributed by atoms with Crippen LogP contribution in [0.3, 0.4) is 0 Å². The minimum atomic E-state index is -3.98. The average molecular weight is 489 g/mol. The predicted molar refractivity (Wildman–Crippen MR) is 127 cm³/mol. The first-order valence-electron chi connectivity index (χ1n) is 9.35. The zero-order chi connectivity index (χ0) is 22.5. The summed E-state index contributed by atoms with van der Waals surface area (Å²) in [6, 6.07) is 10.9. The number of nitrogens with one attached hydrogen (secondary N) is 1. The van der Waals surface area contributed by atoms with Crippen molar-refractivity contribution in [3.05, 3.63) is 58.1 Å². The van der Waals surface area contributed by atoms with E-state index in [1.54, 1.807) is 23.9 Å². The maximum absolute atomic E-state index is 13.3. The van der Waals surface area contributed by atoms with Crippen molar-refractivity contribution in [3.63, 3.8) is 0 Å². The zero-order valence-electron chi connectivity index (χ0n) is 17.4. The number of hydrogen-bond acceptors (Lipinski definition) is 4. The van der Waals surface area contributed by atoms with Crippen LogP contribution in [0.15, 0.2) is 47.4 Å². The molecule has 5 nitrogen and oxygen atoms in total. The molecule has 0 aliphatic carbocycles. The van der Waals surface area contributed by atoms with Crippen LogP contribution in [0.1, 0.15) is 26.3 Å². The van der Waals surface area contributed by atoms with Gasteiger partial charge in [-0.2, -0.15) is 11.8 Å². The van der Waals surface area contributed by atoms with Crippen LogP contribution in [0.2, 0.25) is 10.0 Å². The first-order chi connectivity index (χ1) is 13.9. The van der Waals surface area contributed by atoms with Gasteiger partial charge in [0.15, 0.2) is 0 Å². The molecule has 2 aromatic rings. The van der Waals surface area contributed by atoms with Gasteiger partial charge in [0.2, 0.25) is 5.91 Å². The second kappa shape index (κ2) is 10.3. The Bertz CT molecular complexity index is 988. The highest BCUT2D eigenvalue weighted by molar-refractivity contribution is 8.00. The van der Waals surface area contributed by atoms with E-state index in [-0.39, 0.29) is 26.9 Å². The lowest BCUT2D eigenvalue weighted by atomic mass is 10.2. The third-order valence-electron chi connectivity index (χ3n) is 4.05. The van der Waals surface area contributed by atoms with E-state index in [0.29, 0.717) is 11.6 Å². The van der Waals surface area contributed by atoms with E-state index in [1.165, 1.54) is 30.3 Å². The fraction of sp³-hybridized carbons (Fsp3) is 0.381. The molecule has 0 aliphatic rings. The van der Waals surface area contributed by atoms with Crippen LogP contribution in [0.4, 0.5) is 5.69 Å². The number of sulfonamides is 1. The number of amides is 1. The summed E-state index contributed by atoms with van der Waals surface area (Å²) >= 11 is 13.8. The topological polar surface area (TPSA) is 66.5 Å². The summed E-state index contributed by atoms with van der Waals surface area (Å²) < 4.78 is 27.7. The van der Waals surface area contributed by atoms with Gasteiger partial charge in [0.05, 0.1) is 20.6 Å². The van der Waals surface area contributed by atoms with Crippen LogP contribution in [-0.2, 0) is 14.8 Å². The molecule has 164 valence electrons. The largest absolute Gasteiger partial charge is 0.354 e. The average Bonchev–Trinajstić information content (AvgIpc) is 2.65. The second-order valence-electron chi connectivity index (χ2n) is 7.73. The number of hydrogen-bond donors (Lipinski definition) is 1. The Balaban J connectivity index is 2.26. The third-order valence-corrected chi connectivity index (χ3v) is 7.85. The van der Waals surface area contributed by atoms with Crippen molar-refractivity contribution in [1.82, 2.24) is 5.32 Å². The maximum atomic E-state index is 13.3. The lowest BCUT2D eigenvalue weighted by Gasteiger charge is -2.24. The number of carbonyl (C=O) groups excluding carboxylic acids is 1. The quantitative estimate of drug-likeness (QED) is 0.522. The Hall–Kier alpha value is -1.41. The molecule has 0 spiro atoms. The molecule has 9 heteroatoms. The second-order valence-corrected chi connectivity index (χ2v) is 12.3. The predicted octanol–water partition coefficient (Wildman–Crippen LogP) is 5.15. The van der Waals surface area contributed by atoms with Gasteiger partial charge in [0.1, 0.15) is 6.54 Å². The molecule has 1 amide bonds. The normalized spacial score (nSPS) is 11.9. The minimum absolute atomic E-state index is 0.0889. The molecule has 0 unspecified atom stereocenters. The minimum Gasteiger partial charge on any atom is -0.354 e. The van der Waals surface area contributed by atoms with Gasteiger partial charge in [-0.05, 0) is 37.3 Å². The fourth-order valence-electron chi connectivity index (χ4n) is 2.53. The molecule has 30 heavy (non-hydrogen) atoms. The summed E-state index contributed by atoms with van der Waals surface area (Å²) in [7, 11) is -3.98.